The van der Waals surface area contributed by atoms with Gasteiger partial charge in [-0.25, -0.2) is 15.0 Å². The van der Waals surface area contributed by atoms with E-state index in [4.69, 9.17) is 4.74 Å². The van der Waals surface area contributed by atoms with Crippen molar-refractivity contribution in [2.24, 2.45) is 0 Å². The van der Waals surface area contributed by atoms with Gasteiger partial charge in [-0.2, -0.15) is 0 Å². The highest BCUT2D eigenvalue weighted by Crippen LogP contribution is 2.20. The summed E-state index contributed by atoms with van der Waals surface area (Å²) in [4.78, 5) is 36.9. The summed E-state index contributed by atoms with van der Waals surface area (Å²) in [6, 6.07) is 8.78. The van der Waals surface area contributed by atoms with Crippen molar-refractivity contribution in [2.75, 3.05) is 5.32 Å². The lowest BCUT2D eigenvalue weighted by Crippen LogP contribution is -2.26. The van der Waals surface area contributed by atoms with Gasteiger partial charge in [0.1, 0.15) is 24.0 Å². The molecule has 0 spiro atoms. The van der Waals surface area contributed by atoms with E-state index in [0.29, 0.717) is 16.7 Å². The van der Waals surface area contributed by atoms with Crippen LogP contribution in [0.15, 0.2) is 43.0 Å². The third kappa shape index (κ3) is 4.02. The van der Waals surface area contributed by atoms with Gasteiger partial charge < -0.3 is 14.6 Å². The van der Waals surface area contributed by atoms with Crippen LogP contribution in [0.5, 0.6) is 0 Å². The predicted octanol–water partition coefficient (Wildman–Crippen LogP) is 2.42. The Morgan fingerprint density at radius 2 is 1.85 bits per heavy atom. The van der Waals surface area contributed by atoms with Crippen LogP contribution in [-0.2, 0) is 16.1 Å². The maximum Gasteiger partial charge on any atom is 0.326 e. The van der Waals surface area contributed by atoms with Crippen molar-refractivity contribution in [1.82, 2.24) is 19.5 Å². The number of nitrogens with one attached hydrogen (secondary N) is 1. The molecule has 0 saturated carbocycles. The zero-order valence-corrected chi connectivity index (χ0v) is 14.8. The van der Waals surface area contributed by atoms with Gasteiger partial charge in [-0.05, 0) is 32.9 Å². The molecule has 3 aromatic rings. The number of fused-ring (bicyclic) bond motifs is 1. The Kier molecular flexibility index (Phi) is 4.66. The molecular weight excluding hydrogens is 334 g/mol. The van der Waals surface area contributed by atoms with Crippen molar-refractivity contribution in [3.63, 3.8) is 0 Å². The SMILES string of the molecule is CC(C)(C)OC(=O)Cn1cnc2ncnc(NC(=O)c3ccccc3)c21. The van der Waals surface area contributed by atoms with E-state index in [0.717, 1.165) is 0 Å². The van der Waals surface area contributed by atoms with E-state index in [2.05, 4.69) is 20.3 Å². The number of hydrogen-bond donors (Lipinski definition) is 1. The molecule has 1 amide bonds. The molecule has 0 bridgehead atoms. The normalized spacial score (nSPS) is 11.3. The highest BCUT2D eigenvalue weighted by Gasteiger charge is 2.19. The smallest absolute Gasteiger partial charge is 0.326 e. The molecule has 8 nitrogen and oxygen atoms in total. The third-order valence-corrected chi connectivity index (χ3v) is 3.40. The molecule has 8 heteroatoms. The van der Waals surface area contributed by atoms with E-state index in [1.165, 1.54) is 12.7 Å². The Hall–Kier alpha value is -3.29. The van der Waals surface area contributed by atoms with E-state index in [-0.39, 0.29) is 18.3 Å². The molecule has 0 aliphatic rings. The average molecular weight is 353 g/mol. The van der Waals surface area contributed by atoms with Gasteiger partial charge in [0.05, 0.1) is 6.33 Å². The quantitative estimate of drug-likeness (QED) is 0.723. The van der Waals surface area contributed by atoms with Crippen LogP contribution >= 0.6 is 0 Å². The Morgan fingerprint density at radius 3 is 2.54 bits per heavy atom. The summed E-state index contributed by atoms with van der Waals surface area (Å²) >= 11 is 0. The number of aromatic nitrogens is 4. The number of carbonyl (C=O) groups excluding carboxylic acids is 2. The molecule has 0 saturated heterocycles. The highest BCUT2D eigenvalue weighted by molar-refractivity contribution is 6.06. The molecule has 0 fully saturated rings. The monoisotopic (exact) mass is 353 g/mol. The number of amides is 1. The molecule has 0 aliphatic carbocycles. The van der Waals surface area contributed by atoms with Crippen LogP contribution in [0.2, 0.25) is 0 Å². The van der Waals surface area contributed by atoms with E-state index in [1.807, 2.05) is 6.07 Å². The van der Waals surface area contributed by atoms with Gasteiger partial charge in [0.25, 0.3) is 5.91 Å². The topological polar surface area (TPSA) is 99.0 Å². The highest BCUT2D eigenvalue weighted by atomic mass is 16.6. The first-order valence-corrected chi connectivity index (χ1v) is 8.07. The number of anilines is 1. The van der Waals surface area contributed by atoms with E-state index in [9.17, 15) is 9.59 Å². The van der Waals surface area contributed by atoms with Crippen LogP contribution in [0.3, 0.4) is 0 Å². The Morgan fingerprint density at radius 1 is 1.12 bits per heavy atom. The second-order valence-electron chi connectivity index (χ2n) is 6.67. The fourth-order valence-electron chi connectivity index (χ4n) is 2.40. The molecule has 26 heavy (non-hydrogen) atoms. The van der Waals surface area contributed by atoms with Gasteiger partial charge in [-0.15, -0.1) is 0 Å². The van der Waals surface area contributed by atoms with Crippen molar-refractivity contribution >= 4 is 28.9 Å². The molecular formula is C18H19N5O3. The van der Waals surface area contributed by atoms with Gasteiger partial charge in [0.15, 0.2) is 11.5 Å². The lowest BCUT2D eigenvalue weighted by molar-refractivity contribution is -0.155. The molecule has 0 radical (unpaired) electrons. The maximum atomic E-state index is 12.4. The molecule has 3 rings (SSSR count). The van der Waals surface area contributed by atoms with E-state index >= 15 is 0 Å². The second kappa shape index (κ2) is 6.91. The zero-order chi connectivity index (χ0) is 18.7. The Balaban J connectivity index is 1.88. The maximum absolute atomic E-state index is 12.4. The lowest BCUT2D eigenvalue weighted by atomic mass is 10.2. The summed E-state index contributed by atoms with van der Waals surface area (Å²) in [7, 11) is 0. The fourth-order valence-corrected chi connectivity index (χ4v) is 2.40. The van der Waals surface area contributed by atoms with E-state index in [1.54, 1.807) is 49.6 Å². The van der Waals surface area contributed by atoms with Gasteiger partial charge in [-0.1, -0.05) is 18.2 Å². The largest absolute Gasteiger partial charge is 0.459 e. The third-order valence-electron chi connectivity index (χ3n) is 3.40. The first-order chi connectivity index (χ1) is 12.3. The lowest BCUT2D eigenvalue weighted by Gasteiger charge is -2.19. The van der Waals surface area contributed by atoms with Crippen LogP contribution in [0.25, 0.3) is 11.2 Å². The minimum atomic E-state index is -0.589. The first kappa shape index (κ1) is 17.5. The number of hydrogen-bond acceptors (Lipinski definition) is 6. The number of ether oxygens (including phenoxy) is 1. The molecule has 0 aliphatic heterocycles. The van der Waals surface area contributed by atoms with Gasteiger partial charge in [0.2, 0.25) is 0 Å². The zero-order valence-electron chi connectivity index (χ0n) is 14.8. The van der Waals surface area contributed by atoms with Crippen LogP contribution < -0.4 is 5.32 Å². The summed E-state index contributed by atoms with van der Waals surface area (Å²) in [5, 5.41) is 2.75. The molecule has 0 atom stereocenters. The Labute approximate surface area is 150 Å². The molecule has 0 unspecified atom stereocenters. The standard InChI is InChI=1S/C18H19N5O3/c1-18(2,3)26-13(24)9-23-11-21-15-14(23)16(20-10-19-15)22-17(25)12-7-5-4-6-8-12/h4-8,10-11H,9H2,1-3H3,(H,19,20,22,25). The van der Waals surface area contributed by atoms with Crippen molar-refractivity contribution in [1.29, 1.82) is 0 Å². The minimum Gasteiger partial charge on any atom is -0.459 e. The molecule has 1 aromatic carbocycles. The number of carbonyl (C=O) groups is 2. The van der Waals surface area contributed by atoms with Crippen molar-refractivity contribution in [3.05, 3.63) is 48.5 Å². The summed E-state index contributed by atoms with van der Waals surface area (Å²) in [6.45, 7) is 5.33. The average Bonchev–Trinajstić information content (AvgIpc) is 2.98. The minimum absolute atomic E-state index is 0.0602. The predicted molar refractivity (Wildman–Crippen MR) is 95.6 cm³/mol. The number of imidazole rings is 1. The van der Waals surface area contributed by atoms with Gasteiger partial charge in [-0.3, -0.25) is 9.59 Å². The summed E-state index contributed by atoms with van der Waals surface area (Å²) in [5.41, 5.74) is 0.751. The van der Waals surface area contributed by atoms with Crippen molar-refractivity contribution < 1.29 is 14.3 Å². The summed E-state index contributed by atoms with van der Waals surface area (Å²) in [6.07, 6.45) is 2.79. The van der Waals surface area contributed by atoms with Gasteiger partial charge >= 0.3 is 5.97 Å². The van der Waals surface area contributed by atoms with Crippen LogP contribution in [-0.4, -0.2) is 37.0 Å². The first-order valence-electron chi connectivity index (χ1n) is 8.07. The number of esters is 1. The fraction of sp³-hybridized carbons (Fsp3) is 0.278. The summed E-state index contributed by atoms with van der Waals surface area (Å²) in [5.74, 6) is -0.443. The van der Waals surface area contributed by atoms with E-state index < -0.39 is 11.6 Å². The Bertz CT molecular complexity index is 944. The van der Waals surface area contributed by atoms with Crippen molar-refractivity contribution in [2.45, 2.75) is 32.9 Å². The molecule has 134 valence electrons. The number of nitrogens with zero attached hydrogens (tertiary/aromatic N) is 4. The van der Waals surface area contributed by atoms with Crippen LogP contribution in [0.1, 0.15) is 31.1 Å². The second-order valence-corrected chi connectivity index (χ2v) is 6.67. The molecule has 2 heterocycles. The van der Waals surface area contributed by atoms with Crippen molar-refractivity contribution in [3.8, 4) is 0 Å². The molecule has 2 aromatic heterocycles. The summed E-state index contributed by atoms with van der Waals surface area (Å²) < 4.78 is 6.89. The number of benzene rings is 1. The van der Waals surface area contributed by atoms with Crippen LogP contribution in [0, 0.1) is 0 Å². The number of rotatable bonds is 4. The van der Waals surface area contributed by atoms with Crippen LogP contribution in [0.4, 0.5) is 5.82 Å². The molecule has 1 N–H and O–H groups in total. The van der Waals surface area contributed by atoms with Gasteiger partial charge in [0, 0.05) is 5.56 Å².